The Hall–Kier alpha value is -2.51. The van der Waals surface area contributed by atoms with Gasteiger partial charge >= 0.3 is 0 Å². The van der Waals surface area contributed by atoms with Crippen LogP contribution in [0.2, 0.25) is 0 Å². The van der Waals surface area contributed by atoms with Crippen molar-refractivity contribution in [3.8, 4) is 11.1 Å². The third-order valence-corrected chi connectivity index (χ3v) is 5.87. The van der Waals surface area contributed by atoms with Gasteiger partial charge in [-0.2, -0.15) is 0 Å². The summed E-state index contributed by atoms with van der Waals surface area (Å²) in [5.41, 5.74) is 3.52. The van der Waals surface area contributed by atoms with Gasteiger partial charge in [-0.05, 0) is 42.3 Å². The summed E-state index contributed by atoms with van der Waals surface area (Å²) in [6.45, 7) is 2.34. The Morgan fingerprint density at radius 2 is 1.71 bits per heavy atom. The predicted molar refractivity (Wildman–Crippen MR) is 112 cm³/mol. The summed E-state index contributed by atoms with van der Waals surface area (Å²) >= 11 is 1.45. The molecule has 7 heteroatoms. The molecule has 0 fully saturated rings. The molecular formula is C21H24FN3O2S. The Bertz CT molecular complexity index is 866. The smallest absolute Gasteiger partial charge is 0.261 e. The van der Waals surface area contributed by atoms with Crippen LogP contribution < -0.4 is 5.32 Å². The molecule has 1 aliphatic rings. The number of nitrogens with zero attached hydrogens (tertiary/aromatic N) is 2. The van der Waals surface area contributed by atoms with Crippen LogP contribution in [0.3, 0.4) is 0 Å². The van der Waals surface area contributed by atoms with E-state index in [1.54, 1.807) is 31.1 Å². The number of rotatable bonds is 6. The van der Waals surface area contributed by atoms with Crippen LogP contribution in [0.4, 0.5) is 10.1 Å². The van der Waals surface area contributed by atoms with Gasteiger partial charge in [-0.15, -0.1) is 0 Å². The third-order valence-electron chi connectivity index (χ3n) is 4.57. The average Bonchev–Trinajstić information content (AvgIpc) is 2.98. The molecule has 0 saturated carbocycles. The number of carbonyl (C=O) groups is 1. The van der Waals surface area contributed by atoms with Crippen LogP contribution >= 0.6 is 11.8 Å². The highest BCUT2D eigenvalue weighted by Gasteiger charge is 2.33. The first-order valence-electron chi connectivity index (χ1n) is 9.00. The second-order valence-corrected chi connectivity index (χ2v) is 7.82. The van der Waals surface area contributed by atoms with Crippen molar-refractivity contribution in [1.82, 2.24) is 9.80 Å². The van der Waals surface area contributed by atoms with Crippen molar-refractivity contribution in [3.63, 3.8) is 0 Å². The number of allylic oxidation sites excluding steroid dienone is 1. The number of anilines is 1. The molecule has 1 atom stereocenters. The van der Waals surface area contributed by atoms with E-state index in [1.165, 1.54) is 23.9 Å². The maximum atomic E-state index is 13.1. The largest absolute Gasteiger partial charge is 0.395 e. The van der Waals surface area contributed by atoms with Crippen molar-refractivity contribution in [2.45, 2.75) is 12.4 Å². The van der Waals surface area contributed by atoms with Gasteiger partial charge in [0.1, 0.15) is 5.82 Å². The van der Waals surface area contributed by atoms with Crippen molar-refractivity contribution in [3.05, 3.63) is 65.0 Å². The molecule has 0 spiro atoms. The molecule has 1 heterocycles. The summed E-state index contributed by atoms with van der Waals surface area (Å²) in [6.07, 6.45) is 0. The summed E-state index contributed by atoms with van der Waals surface area (Å²) < 4.78 is 13.1. The van der Waals surface area contributed by atoms with Gasteiger partial charge in [0, 0.05) is 32.0 Å². The number of carbonyl (C=O) groups excluding carboxylic acids is 1. The van der Waals surface area contributed by atoms with E-state index in [-0.39, 0.29) is 23.8 Å². The molecule has 0 radical (unpaired) electrons. The molecule has 1 aliphatic heterocycles. The fourth-order valence-corrected chi connectivity index (χ4v) is 4.40. The van der Waals surface area contributed by atoms with Crippen LogP contribution in [-0.2, 0) is 4.79 Å². The predicted octanol–water partition coefficient (Wildman–Crippen LogP) is 3.55. The topological polar surface area (TPSA) is 55.8 Å². The van der Waals surface area contributed by atoms with Gasteiger partial charge in [0.2, 0.25) is 0 Å². The van der Waals surface area contributed by atoms with E-state index < -0.39 is 0 Å². The van der Waals surface area contributed by atoms with Crippen molar-refractivity contribution < 1.29 is 14.3 Å². The van der Waals surface area contributed by atoms with Gasteiger partial charge in [-0.1, -0.05) is 36.0 Å². The number of hydrogen-bond donors (Lipinski definition) is 2. The fourth-order valence-electron chi connectivity index (χ4n) is 3.02. The molecule has 0 saturated heterocycles. The molecule has 3 rings (SSSR count). The number of likely N-dealkylation sites (N-methyl/N-ethyl adjacent to an activating group) is 1. The molecule has 0 aliphatic carbocycles. The Morgan fingerprint density at radius 1 is 1.14 bits per heavy atom. The van der Waals surface area contributed by atoms with E-state index >= 15 is 0 Å². The molecule has 148 valence electrons. The van der Waals surface area contributed by atoms with Crippen molar-refractivity contribution in [2.75, 3.05) is 32.6 Å². The second-order valence-electron chi connectivity index (χ2n) is 6.73. The number of β-amino-alcohol motifs (C(OH)–C–C–N with tert-alkyl or cyclic N) is 1. The van der Waals surface area contributed by atoms with Crippen molar-refractivity contribution in [2.24, 2.45) is 0 Å². The number of hydrogen-bond acceptors (Lipinski definition) is 5. The lowest BCUT2D eigenvalue weighted by atomic mass is 10.1. The quantitative estimate of drug-likeness (QED) is 0.775. The van der Waals surface area contributed by atoms with Crippen LogP contribution in [0.15, 0.2) is 59.1 Å². The van der Waals surface area contributed by atoms with Gasteiger partial charge < -0.3 is 20.2 Å². The average molecular weight is 402 g/mol. The van der Waals surface area contributed by atoms with Gasteiger partial charge in [-0.3, -0.25) is 4.79 Å². The minimum Gasteiger partial charge on any atom is -0.395 e. The summed E-state index contributed by atoms with van der Waals surface area (Å²) in [7, 11) is 3.46. The van der Waals surface area contributed by atoms with E-state index in [1.807, 2.05) is 36.1 Å². The Kier molecular flexibility index (Phi) is 6.26. The minimum atomic E-state index is -0.254. The monoisotopic (exact) mass is 401 g/mol. The Morgan fingerprint density at radius 3 is 2.25 bits per heavy atom. The van der Waals surface area contributed by atoms with Crippen molar-refractivity contribution in [1.29, 1.82) is 0 Å². The van der Waals surface area contributed by atoms with E-state index in [2.05, 4.69) is 5.32 Å². The lowest BCUT2D eigenvalue weighted by Crippen LogP contribution is -2.35. The highest BCUT2D eigenvalue weighted by atomic mass is 32.2. The normalized spacial score (nSPS) is 16.5. The zero-order valence-corrected chi connectivity index (χ0v) is 17.0. The van der Waals surface area contributed by atoms with Gasteiger partial charge in [0.25, 0.3) is 5.91 Å². The molecule has 2 aromatic carbocycles. The van der Waals surface area contributed by atoms with Crippen LogP contribution in [0.5, 0.6) is 0 Å². The van der Waals surface area contributed by atoms with E-state index in [0.717, 1.165) is 22.5 Å². The molecule has 28 heavy (non-hydrogen) atoms. The number of nitrogens with one attached hydrogen (secondary N) is 1. The minimum absolute atomic E-state index is 0.00300. The first-order chi connectivity index (χ1) is 13.4. The maximum absolute atomic E-state index is 13.1. The highest BCUT2D eigenvalue weighted by molar-refractivity contribution is 8.04. The van der Waals surface area contributed by atoms with Crippen molar-refractivity contribution >= 4 is 23.4 Å². The fraction of sp³-hybridized carbons (Fsp3) is 0.286. The second kappa shape index (κ2) is 8.67. The van der Waals surface area contributed by atoms with Gasteiger partial charge in [0.05, 0.1) is 11.5 Å². The maximum Gasteiger partial charge on any atom is 0.261 e. The molecule has 1 unspecified atom stereocenters. The summed E-state index contributed by atoms with van der Waals surface area (Å²) in [6, 6.07) is 14.2. The molecule has 1 amide bonds. The first-order valence-corrected chi connectivity index (χ1v) is 9.88. The van der Waals surface area contributed by atoms with E-state index in [4.69, 9.17) is 0 Å². The summed E-state index contributed by atoms with van der Waals surface area (Å²) in [4.78, 5) is 16.7. The Labute approximate surface area is 168 Å². The van der Waals surface area contributed by atoms with E-state index in [0.29, 0.717) is 11.4 Å². The lowest BCUT2D eigenvalue weighted by Gasteiger charge is -2.28. The number of aliphatic hydroxyl groups excluding tert-OH is 1. The standard InChI is InChI=1S/C21H24FN3O2S/c1-14-19(20(27)24(2)3)28-21(25(14)12-13-26)23-18-10-6-16(7-11-18)15-4-8-17(22)9-5-15/h4-11,21,23,26H,12-13H2,1-3H3. The van der Waals surface area contributed by atoms with Crippen LogP contribution in [0.1, 0.15) is 6.92 Å². The number of amides is 1. The molecule has 2 N–H and O–H groups in total. The zero-order chi connectivity index (χ0) is 20.3. The first kappa shape index (κ1) is 20.2. The molecule has 2 aromatic rings. The zero-order valence-electron chi connectivity index (χ0n) is 16.1. The summed E-state index contributed by atoms with van der Waals surface area (Å²) in [5.74, 6) is -0.295. The third kappa shape index (κ3) is 4.31. The SMILES string of the molecule is CC1=C(C(=O)N(C)C)SC(Nc2ccc(-c3ccc(F)cc3)cc2)N1CCO. The number of thioether (sulfide) groups is 1. The molecule has 5 nitrogen and oxygen atoms in total. The van der Waals surface area contributed by atoms with E-state index in [9.17, 15) is 14.3 Å². The molecule has 0 bridgehead atoms. The molecular weight excluding hydrogens is 377 g/mol. The molecule has 0 aromatic heterocycles. The van der Waals surface area contributed by atoms with Gasteiger partial charge in [0.15, 0.2) is 5.50 Å². The summed E-state index contributed by atoms with van der Waals surface area (Å²) in [5, 5.41) is 12.8. The number of halogens is 1. The van der Waals surface area contributed by atoms with Crippen LogP contribution in [0.25, 0.3) is 11.1 Å². The lowest BCUT2D eigenvalue weighted by molar-refractivity contribution is -0.124. The highest BCUT2D eigenvalue weighted by Crippen LogP contribution is 2.39. The Balaban J connectivity index is 1.75. The van der Waals surface area contributed by atoms with Gasteiger partial charge in [-0.25, -0.2) is 4.39 Å². The van der Waals surface area contributed by atoms with Crippen LogP contribution in [-0.4, -0.2) is 53.6 Å². The number of aliphatic hydroxyl groups is 1. The number of benzene rings is 2. The van der Waals surface area contributed by atoms with Crippen LogP contribution in [0, 0.1) is 5.82 Å².